The van der Waals surface area contributed by atoms with Crippen LogP contribution in [0.2, 0.25) is 18.1 Å². The summed E-state index contributed by atoms with van der Waals surface area (Å²) < 4.78 is 38.5. The van der Waals surface area contributed by atoms with Crippen LogP contribution in [0.15, 0.2) is 60.7 Å². The molecule has 0 aliphatic carbocycles. The van der Waals surface area contributed by atoms with Crippen LogP contribution in [0, 0.1) is 0 Å². The molecule has 6 atom stereocenters. The average molecular weight is 616 g/mol. The Balaban J connectivity index is 1.67. The summed E-state index contributed by atoms with van der Waals surface area (Å²) in [6.45, 7) is 20.0. The first-order valence-electron chi connectivity index (χ1n) is 15.5. The monoisotopic (exact) mass is 615 g/mol. The highest BCUT2D eigenvalue weighted by Crippen LogP contribution is 2.39. The molecule has 2 N–H and O–H groups in total. The second-order valence-electron chi connectivity index (χ2n) is 14.2. The number of rotatable bonds is 13. The highest BCUT2D eigenvalue weighted by atomic mass is 28.4. The van der Waals surface area contributed by atoms with E-state index in [4.69, 9.17) is 28.1 Å². The first-order chi connectivity index (χ1) is 20.1. The van der Waals surface area contributed by atoms with Crippen molar-refractivity contribution in [1.29, 1.82) is 0 Å². The van der Waals surface area contributed by atoms with Crippen molar-refractivity contribution in [3.05, 3.63) is 71.8 Å². The van der Waals surface area contributed by atoms with Gasteiger partial charge in [-0.1, -0.05) is 81.4 Å². The molecule has 240 valence electrons. The molecule has 2 fully saturated rings. The van der Waals surface area contributed by atoms with E-state index in [0.29, 0.717) is 19.8 Å². The van der Waals surface area contributed by atoms with Gasteiger partial charge in [0.1, 0.15) is 30.5 Å². The molecule has 0 bridgehead atoms. The Bertz CT molecular complexity index is 1140. The fourth-order valence-electron chi connectivity index (χ4n) is 5.34. The van der Waals surface area contributed by atoms with Gasteiger partial charge >= 0.3 is 0 Å². The lowest BCUT2D eigenvalue weighted by molar-refractivity contribution is -0.175. The Morgan fingerprint density at radius 3 is 2.07 bits per heavy atom. The Hall–Kier alpha value is -1.66. The molecule has 0 aromatic heterocycles. The van der Waals surface area contributed by atoms with Crippen molar-refractivity contribution in [3.63, 3.8) is 0 Å². The summed E-state index contributed by atoms with van der Waals surface area (Å²) >= 11 is 0. The maximum atomic E-state index is 11.9. The topological polar surface area (TPSA) is 87.6 Å². The lowest BCUT2D eigenvalue weighted by atomic mass is 9.93. The van der Waals surface area contributed by atoms with Gasteiger partial charge in [-0.05, 0) is 57.0 Å². The molecule has 2 heterocycles. The van der Waals surface area contributed by atoms with Gasteiger partial charge in [0.15, 0.2) is 19.9 Å². The van der Waals surface area contributed by atoms with Crippen LogP contribution in [0.25, 0.3) is 0 Å². The first-order valence-corrected chi connectivity index (χ1v) is 18.4. The minimum Gasteiger partial charge on any atom is -0.414 e. The number of nitrogens with one attached hydrogen (secondary N) is 1. The normalized spacial score (nSPS) is 25.9. The van der Waals surface area contributed by atoms with Crippen molar-refractivity contribution >= 4 is 8.32 Å². The second kappa shape index (κ2) is 13.8. The summed E-state index contributed by atoms with van der Waals surface area (Å²) in [7, 11) is -2.14. The fraction of sp³-hybridized carbons (Fsp3) is 0.647. The van der Waals surface area contributed by atoms with E-state index in [1.54, 1.807) is 0 Å². The average Bonchev–Trinajstić information content (AvgIpc) is 3.47. The summed E-state index contributed by atoms with van der Waals surface area (Å²) in [5.41, 5.74) is 2.12. The molecule has 0 unspecified atom stereocenters. The maximum absolute atomic E-state index is 11.9. The minimum absolute atomic E-state index is 0.00219. The standard InChI is InChI=1S/C34H53NO7Si/c1-32(2,3)43(8,9)39-22-26(36)29(37-21-25-18-14-11-15-19-25)28(35-20-24-16-12-10-13-17-24)31-30(41-34(6,7)42-31)27-23-38-33(4,5)40-27/h10-19,26-31,35-36H,20-23H2,1-9H3/t26-,27-,28-,29+,30-,31-/m1/s1. The molecule has 0 spiro atoms. The quantitative estimate of drug-likeness (QED) is 0.274. The summed E-state index contributed by atoms with van der Waals surface area (Å²) in [4.78, 5) is 0. The van der Waals surface area contributed by atoms with Crippen molar-refractivity contribution in [2.45, 2.75) is 128 Å². The molecule has 0 saturated carbocycles. The van der Waals surface area contributed by atoms with Crippen LogP contribution in [-0.2, 0) is 41.3 Å². The van der Waals surface area contributed by atoms with Crippen LogP contribution in [0.5, 0.6) is 0 Å². The molecule has 43 heavy (non-hydrogen) atoms. The maximum Gasteiger partial charge on any atom is 0.192 e. The Kier molecular flexibility index (Phi) is 11.0. The fourth-order valence-corrected chi connectivity index (χ4v) is 6.36. The lowest BCUT2D eigenvalue weighted by Crippen LogP contribution is -2.59. The molecule has 2 aliphatic heterocycles. The Labute approximate surface area is 259 Å². The third-order valence-corrected chi connectivity index (χ3v) is 13.2. The van der Waals surface area contributed by atoms with Crippen molar-refractivity contribution in [2.24, 2.45) is 0 Å². The number of hydrogen-bond donors (Lipinski definition) is 2. The first kappa shape index (κ1) is 34.2. The Morgan fingerprint density at radius 2 is 1.51 bits per heavy atom. The lowest BCUT2D eigenvalue weighted by Gasteiger charge is -2.40. The van der Waals surface area contributed by atoms with E-state index >= 15 is 0 Å². The van der Waals surface area contributed by atoms with E-state index in [-0.39, 0.29) is 17.7 Å². The van der Waals surface area contributed by atoms with Gasteiger partial charge in [0, 0.05) is 6.54 Å². The van der Waals surface area contributed by atoms with E-state index < -0.39 is 50.3 Å². The van der Waals surface area contributed by atoms with Gasteiger partial charge in [-0.25, -0.2) is 0 Å². The molecule has 2 aromatic rings. The summed E-state index contributed by atoms with van der Waals surface area (Å²) in [6, 6.07) is 19.7. The molecule has 8 nitrogen and oxygen atoms in total. The smallest absolute Gasteiger partial charge is 0.192 e. The van der Waals surface area contributed by atoms with Gasteiger partial charge in [-0.2, -0.15) is 0 Å². The van der Waals surface area contributed by atoms with Gasteiger partial charge in [0.2, 0.25) is 0 Å². The molecule has 0 radical (unpaired) electrons. The predicted octanol–water partition coefficient (Wildman–Crippen LogP) is 5.78. The van der Waals surface area contributed by atoms with Crippen LogP contribution in [0.1, 0.15) is 59.6 Å². The Morgan fingerprint density at radius 1 is 0.907 bits per heavy atom. The van der Waals surface area contributed by atoms with E-state index in [0.717, 1.165) is 11.1 Å². The number of aliphatic hydroxyl groups excluding tert-OH is 1. The molecule has 2 aromatic carbocycles. The van der Waals surface area contributed by atoms with Gasteiger partial charge in [-0.15, -0.1) is 0 Å². The largest absolute Gasteiger partial charge is 0.414 e. The van der Waals surface area contributed by atoms with Crippen LogP contribution in [0.3, 0.4) is 0 Å². The molecule has 2 aliphatic rings. The zero-order valence-electron chi connectivity index (χ0n) is 27.5. The highest BCUT2D eigenvalue weighted by molar-refractivity contribution is 6.74. The van der Waals surface area contributed by atoms with Gasteiger partial charge in [0.05, 0.1) is 25.9 Å². The summed E-state index contributed by atoms with van der Waals surface area (Å²) in [6.07, 6.45) is -2.94. The van der Waals surface area contributed by atoms with Crippen molar-refractivity contribution in [3.8, 4) is 0 Å². The van der Waals surface area contributed by atoms with Crippen LogP contribution in [0.4, 0.5) is 0 Å². The zero-order chi connectivity index (χ0) is 31.5. The molecule has 2 saturated heterocycles. The third-order valence-electron chi connectivity index (χ3n) is 8.74. The molecular weight excluding hydrogens is 562 g/mol. The second-order valence-corrected chi connectivity index (χ2v) is 19.0. The van der Waals surface area contributed by atoms with Crippen molar-refractivity contribution < 1.29 is 33.2 Å². The summed E-state index contributed by atoms with van der Waals surface area (Å²) in [5.74, 6) is -1.59. The van der Waals surface area contributed by atoms with E-state index in [2.05, 4.69) is 51.3 Å². The predicted molar refractivity (Wildman–Crippen MR) is 170 cm³/mol. The number of hydrogen-bond acceptors (Lipinski definition) is 8. The van der Waals surface area contributed by atoms with Crippen LogP contribution in [-0.4, -0.2) is 74.8 Å². The zero-order valence-corrected chi connectivity index (χ0v) is 28.5. The minimum atomic E-state index is -2.14. The van der Waals surface area contributed by atoms with E-state index in [1.807, 2.05) is 76.2 Å². The molecule has 9 heteroatoms. The molecule has 4 rings (SSSR count). The van der Waals surface area contributed by atoms with Crippen LogP contribution >= 0.6 is 0 Å². The number of aliphatic hydroxyl groups is 1. The molecular formula is C34H53NO7Si. The summed E-state index contributed by atoms with van der Waals surface area (Å²) in [5, 5.41) is 15.6. The highest BCUT2D eigenvalue weighted by Gasteiger charge is 2.54. The molecule has 0 amide bonds. The number of ether oxygens (including phenoxy) is 5. The third kappa shape index (κ3) is 9.19. The van der Waals surface area contributed by atoms with Gasteiger partial charge in [0.25, 0.3) is 0 Å². The van der Waals surface area contributed by atoms with E-state index in [1.165, 1.54) is 0 Å². The number of benzene rings is 2. The van der Waals surface area contributed by atoms with Crippen molar-refractivity contribution in [2.75, 3.05) is 13.2 Å². The van der Waals surface area contributed by atoms with Gasteiger partial charge in [-0.3, -0.25) is 0 Å². The van der Waals surface area contributed by atoms with E-state index in [9.17, 15) is 5.11 Å². The van der Waals surface area contributed by atoms with Crippen molar-refractivity contribution in [1.82, 2.24) is 5.32 Å². The van der Waals surface area contributed by atoms with Crippen LogP contribution < -0.4 is 5.32 Å². The van der Waals surface area contributed by atoms with Gasteiger partial charge < -0.3 is 38.5 Å². The SMILES string of the molecule is CC1(C)O[C@H]([C@H](NCc2ccccc2)[C@@H](OCc2ccccc2)[C@H](O)CO[Si](C)(C)C(C)(C)C)[C@@H]([C@H]2COC(C)(C)O2)O1.